The minimum absolute atomic E-state index is 0.105. The quantitative estimate of drug-likeness (QED) is 0.358. The van der Waals surface area contributed by atoms with Gasteiger partial charge < -0.3 is 9.47 Å². The summed E-state index contributed by atoms with van der Waals surface area (Å²) in [7, 11) is 0. The van der Waals surface area contributed by atoms with Crippen LogP contribution < -0.4 is 0 Å². The number of carbonyl (C=O) groups excluding carboxylic acids is 2. The van der Waals surface area contributed by atoms with E-state index in [4.69, 9.17) is 9.47 Å². The van der Waals surface area contributed by atoms with Crippen LogP contribution in [0.2, 0.25) is 0 Å². The van der Waals surface area contributed by atoms with E-state index in [1.807, 2.05) is 6.92 Å². The van der Waals surface area contributed by atoms with Crippen molar-refractivity contribution >= 4 is 11.9 Å². The molecule has 0 heterocycles. The summed E-state index contributed by atoms with van der Waals surface area (Å²) < 4.78 is 85.8. The molecule has 0 aromatic rings. The van der Waals surface area contributed by atoms with Crippen LogP contribution in [0.25, 0.3) is 0 Å². The number of halogens is 6. The molecule has 0 amide bonds. The Labute approximate surface area is 188 Å². The fourth-order valence-corrected chi connectivity index (χ4v) is 7.89. The van der Waals surface area contributed by atoms with Crippen molar-refractivity contribution in [3.8, 4) is 0 Å². The highest BCUT2D eigenvalue weighted by atomic mass is 19.4. The normalized spacial score (nSPS) is 43.2. The highest BCUT2D eigenvalue weighted by Crippen LogP contribution is 2.66. The van der Waals surface area contributed by atoms with E-state index in [2.05, 4.69) is 6.92 Å². The molecule has 3 unspecified atom stereocenters. The molecule has 0 bridgehead atoms. The van der Waals surface area contributed by atoms with Crippen molar-refractivity contribution < 1.29 is 45.4 Å². The highest BCUT2D eigenvalue weighted by molar-refractivity contribution is 5.76. The molecule has 0 radical (unpaired) electrons. The van der Waals surface area contributed by atoms with Gasteiger partial charge in [0.1, 0.15) is 12.2 Å². The van der Waals surface area contributed by atoms with Crippen LogP contribution >= 0.6 is 0 Å². The van der Waals surface area contributed by atoms with Crippen molar-refractivity contribution in [2.75, 3.05) is 0 Å². The van der Waals surface area contributed by atoms with Gasteiger partial charge in [0.15, 0.2) is 0 Å². The minimum atomic E-state index is -5.01. The Kier molecular flexibility index (Phi) is 6.00. The first-order valence-corrected chi connectivity index (χ1v) is 11.7. The fourth-order valence-electron chi connectivity index (χ4n) is 7.89. The molecule has 188 valence electrons. The second-order valence-electron chi connectivity index (χ2n) is 11.0. The van der Waals surface area contributed by atoms with Crippen LogP contribution in [-0.2, 0) is 19.1 Å². The number of esters is 2. The average Bonchev–Trinajstić information content (AvgIpc) is 3.03. The number of alkyl halides is 6. The molecule has 33 heavy (non-hydrogen) atoms. The number of hydrogen-bond acceptors (Lipinski definition) is 4. The smallest absolute Gasteiger partial charge is 0.456 e. The highest BCUT2D eigenvalue weighted by Gasteiger charge is 2.62. The maximum atomic E-state index is 12.8. The number of fused-ring (bicyclic) bond motifs is 5. The molecule has 4 rings (SSSR count). The van der Waals surface area contributed by atoms with Gasteiger partial charge in [-0.05, 0) is 86.9 Å². The molecule has 4 saturated carbocycles. The Bertz CT molecular complexity index is 795. The molecule has 0 spiro atoms. The largest absolute Gasteiger partial charge is 0.490 e. The first kappa shape index (κ1) is 24.6. The zero-order valence-electron chi connectivity index (χ0n) is 18.7. The Morgan fingerprint density at radius 2 is 1.30 bits per heavy atom. The predicted octanol–water partition coefficient (Wildman–Crippen LogP) is 5.98. The third-order valence-corrected chi connectivity index (χ3v) is 9.52. The summed E-state index contributed by atoms with van der Waals surface area (Å²) in [5.74, 6) is -3.37. The Balaban J connectivity index is 1.45. The van der Waals surface area contributed by atoms with Gasteiger partial charge in [0.05, 0.1) is 0 Å². The zero-order valence-corrected chi connectivity index (χ0v) is 18.7. The molecule has 0 aromatic heterocycles. The molecule has 10 heteroatoms. The molecule has 4 aliphatic carbocycles. The van der Waals surface area contributed by atoms with Gasteiger partial charge in [-0.15, -0.1) is 0 Å². The number of ether oxygens (including phenoxy) is 2. The van der Waals surface area contributed by atoms with Gasteiger partial charge in [-0.1, -0.05) is 13.8 Å². The van der Waals surface area contributed by atoms with Crippen LogP contribution in [0.1, 0.15) is 71.6 Å². The van der Waals surface area contributed by atoms with Gasteiger partial charge in [0.2, 0.25) is 0 Å². The summed E-state index contributed by atoms with van der Waals surface area (Å²) in [4.78, 5) is 22.8. The summed E-state index contributed by atoms with van der Waals surface area (Å²) in [6, 6.07) is 0. The van der Waals surface area contributed by atoms with E-state index < -0.39 is 41.9 Å². The van der Waals surface area contributed by atoms with E-state index in [1.165, 1.54) is 0 Å². The van der Waals surface area contributed by atoms with Gasteiger partial charge in [0.25, 0.3) is 0 Å². The molecule has 8 atom stereocenters. The first-order valence-electron chi connectivity index (χ1n) is 11.7. The minimum Gasteiger partial charge on any atom is -0.456 e. The Hall–Kier alpha value is -1.48. The van der Waals surface area contributed by atoms with Crippen LogP contribution in [0.15, 0.2) is 0 Å². The Morgan fingerprint density at radius 3 is 1.94 bits per heavy atom. The molecule has 4 fully saturated rings. The van der Waals surface area contributed by atoms with Crippen molar-refractivity contribution in [1.82, 2.24) is 0 Å². The average molecular weight is 484 g/mol. The zero-order chi connectivity index (χ0) is 24.4. The lowest BCUT2D eigenvalue weighted by Crippen LogP contribution is -2.55. The van der Waals surface area contributed by atoms with Crippen molar-refractivity contribution in [2.45, 2.75) is 96.2 Å². The lowest BCUT2D eigenvalue weighted by atomic mass is 9.45. The lowest BCUT2D eigenvalue weighted by Gasteiger charge is -2.60. The van der Waals surface area contributed by atoms with E-state index in [0.29, 0.717) is 44.4 Å². The van der Waals surface area contributed by atoms with Crippen LogP contribution in [0, 0.1) is 34.5 Å². The number of hydrogen-bond donors (Lipinski definition) is 0. The Morgan fingerprint density at radius 1 is 0.727 bits per heavy atom. The van der Waals surface area contributed by atoms with E-state index in [0.717, 1.165) is 19.3 Å². The summed E-state index contributed by atoms with van der Waals surface area (Å²) >= 11 is 0. The second kappa shape index (κ2) is 8.04. The van der Waals surface area contributed by atoms with Crippen LogP contribution in [0.5, 0.6) is 0 Å². The maximum absolute atomic E-state index is 12.8. The van der Waals surface area contributed by atoms with Crippen LogP contribution in [0.4, 0.5) is 26.3 Å². The SMILES string of the molecule is C[C@]12CCC3C(CC[C@H]4C[C@@H](OC(=O)C(F)(F)F)CC[C@]34C)C1CC[C@@H]2OC(=O)C(F)(F)F. The van der Waals surface area contributed by atoms with Crippen LogP contribution in [0.3, 0.4) is 0 Å². The van der Waals surface area contributed by atoms with E-state index in [1.54, 1.807) is 0 Å². The fraction of sp³-hybridized carbons (Fsp3) is 0.913. The molecular weight excluding hydrogens is 454 g/mol. The summed E-state index contributed by atoms with van der Waals surface area (Å²) in [6.45, 7) is 4.12. The van der Waals surface area contributed by atoms with Gasteiger partial charge in [-0.3, -0.25) is 0 Å². The standard InChI is InChI=1S/C23H30F6O4/c1-20-9-7-13(32-18(30)22(24,25)26)11-12(20)3-4-14-15-5-6-17(33-19(31)23(27,28)29)21(15,2)10-8-16(14)20/h12-17H,3-11H2,1-2H3/t12-,13-,14?,15?,16?,17-,20-,21-/m0/s1. The predicted molar refractivity (Wildman–Crippen MR) is 104 cm³/mol. The van der Waals surface area contributed by atoms with Crippen molar-refractivity contribution in [3.63, 3.8) is 0 Å². The molecule has 0 N–H and O–H groups in total. The van der Waals surface area contributed by atoms with Gasteiger partial charge in [-0.2, -0.15) is 26.3 Å². The van der Waals surface area contributed by atoms with Gasteiger partial charge in [-0.25, -0.2) is 9.59 Å². The monoisotopic (exact) mass is 484 g/mol. The molecule has 0 saturated heterocycles. The second-order valence-corrected chi connectivity index (χ2v) is 11.0. The number of rotatable bonds is 2. The topological polar surface area (TPSA) is 52.6 Å². The molecule has 0 aromatic carbocycles. The van der Waals surface area contributed by atoms with Crippen molar-refractivity contribution in [2.24, 2.45) is 34.5 Å². The summed E-state index contributed by atoms with van der Waals surface area (Å²) in [5, 5.41) is 0. The molecule has 4 nitrogen and oxygen atoms in total. The van der Waals surface area contributed by atoms with E-state index in [9.17, 15) is 35.9 Å². The van der Waals surface area contributed by atoms with Crippen molar-refractivity contribution in [1.29, 1.82) is 0 Å². The van der Waals surface area contributed by atoms with E-state index >= 15 is 0 Å². The third kappa shape index (κ3) is 4.24. The first-order chi connectivity index (χ1) is 15.2. The third-order valence-electron chi connectivity index (χ3n) is 9.52. The summed E-state index contributed by atoms with van der Waals surface area (Å²) in [5.41, 5.74) is -0.600. The van der Waals surface area contributed by atoms with Crippen LogP contribution in [-0.4, -0.2) is 36.5 Å². The molecular formula is C23H30F6O4. The van der Waals surface area contributed by atoms with Crippen molar-refractivity contribution in [3.05, 3.63) is 0 Å². The summed E-state index contributed by atoms with van der Waals surface area (Å²) in [6.07, 6.45) is -5.84. The maximum Gasteiger partial charge on any atom is 0.490 e. The number of carbonyl (C=O) groups is 2. The van der Waals surface area contributed by atoms with Gasteiger partial charge >= 0.3 is 24.3 Å². The van der Waals surface area contributed by atoms with E-state index in [-0.39, 0.29) is 23.2 Å². The molecule has 4 aliphatic rings. The lowest BCUT2D eigenvalue weighted by molar-refractivity contribution is -0.215. The van der Waals surface area contributed by atoms with Gasteiger partial charge in [0, 0.05) is 5.41 Å². The molecule has 0 aliphatic heterocycles.